The van der Waals surface area contributed by atoms with Gasteiger partial charge in [-0.25, -0.2) is 72.5 Å². The predicted molar refractivity (Wildman–Crippen MR) is 524 cm³/mol. The fraction of sp³-hybridized carbons (Fsp3) is 0.250. The molecule has 0 atom stereocenters. The Morgan fingerprint density at radius 2 is 0.787 bits per heavy atom. The number of urea groups is 1. The molecule has 21 N–H and O–H groups in total. The van der Waals surface area contributed by atoms with Gasteiger partial charge in [-0.15, -0.1) is 0 Å². The van der Waals surface area contributed by atoms with Crippen LogP contribution in [-0.4, -0.2) is 222 Å². The number of rotatable bonds is 21. The number of pyridine rings is 5. The molecule has 0 aliphatic carbocycles. The first-order valence-corrected chi connectivity index (χ1v) is 45.4. The summed E-state index contributed by atoms with van der Waals surface area (Å²) < 4.78 is 32.3. The second kappa shape index (κ2) is 38.8. The molecule has 5 aromatic carbocycles. The lowest BCUT2D eigenvalue weighted by Gasteiger charge is -2.25. The molecule has 5 amide bonds. The molecule has 0 radical (unpaired) electrons. The third kappa shape index (κ3) is 20.1. The van der Waals surface area contributed by atoms with Gasteiger partial charge < -0.3 is 83.7 Å². The minimum absolute atomic E-state index is 0.0226. The molecule has 20 rings (SSSR count). The Bertz CT molecular complexity index is 7890. The molecule has 0 spiro atoms. The van der Waals surface area contributed by atoms with E-state index in [-0.39, 0.29) is 42.9 Å². The number of aromatic amines is 9. The standard InChI is InChI=1S/C21H25N7O2.C19H22N8O.C18H19N7O.C17H19N7O2S.C17H17N7O/c1-5-28(20(29)30-21(2,3)4)11-16-25-17-13-7-6-12(14-8-9-23-27-14)10-15(13)24-19(22)18(17)26-16;1-4-27(19(28)26(2)3)10-15-23-16-12-6-5-11(13-7-8-21-25-13)9-14(12)22-18(20)17(16)24-15;1-9(2)18(26)20-8-14-23-15-11-4-3-10(12-5-6-21-25-12)7-13(11)22-17(19)16(15)24-14;1-3-23(27(2,25)26)10-14-21-15-12-6-5-11(24-8-4-7-19-24)9-13(12)20-17(18)16(15)22-14;1-2-14(25)19-8-13-22-15-10-4-3-9(11-5-6-20-24-11)7-12(10)21-17(18)16(15)23-13/h6-10H,5,11H2,1-4H3,(H2,22,24)(H,23,27)(H,25,26);5-9H,4,10H2,1-3H3,(H2,20,22)(H,21,25)(H,23,24);3-7,9H,8H2,1-2H3,(H2,19,22)(H,20,26)(H,21,25)(H,23,24);4-9H,3,10H2,1-2H3,(H2,18,20)(H,21,22);3-7H,2,8H2,1H3,(H2,18,21)(H,19,25)(H,20,24)(H,22,23). The summed E-state index contributed by atoms with van der Waals surface area (Å²) in [5, 5.41) is 42.0. The Balaban J connectivity index is 0.000000123. The maximum absolute atomic E-state index is 12.5. The summed E-state index contributed by atoms with van der Waals surface area (Å²) >= 11 is 0. The minimum Gasteiger partial charge on any atom is -0.444 e. The van der Waals surface area contributed by atoms with Gasteiger partial charge in [0.2, 0.25) is 21.8 Å². The number of fused-ring (bicyclic) bond motifs is 15. The van der Waals surface area contributed by atoms with E-state index < -0.39 is 15.6 Å². The lowest BCUT2D eigenvalue weighted by molar-refractivity contribution is -0.124. The number of anilines is 5. The number of benzene rings is 5. The number of carbonyl (C=O) groups excluding carboxylic acids is 4. The molecule has 0 saturated carbocycles. The van der Waals surface area contributed by atoms with Gasteiger partial charge >= 0.3 is 12.1 Å². The maximum Gasteiger partial charge on any atom is 0.410 e. The van der Waals surface area contributed by atoms with Crippen molar-refractivity contribution in [3.8, 4) is 50.7 Å². The lowest BCUT2D eigenvalue weighted by Crippen LogP contribution is -2.38. The molecule has 44 heteroatoms. The van der Waals surface area contributed by atoms with Crippen LogP contribution in [0, 0.1) is 5.92 Å². The van der Waals surface area contributed by atoms with E-state index in [0.717, 1.165) is 122 Å². The van der Waals surface area contributed by atoms with Crippen LogP contribution in [-0.2, 0) is 57.1 Å². The molecule has 43 nitrogen and oxygen atoms in total. The number of sulfonamides is 1. The summed E-state index contributed by atoms with van der Waals surface area (Å²) in [5.74, 6) is 4.80. The summed E-state index contributed by atoms with van der Waals surface area (Å²) in [6.45, 7) is 19.5. The fourth-order valence-electron chi connectivity index (χ4n) is 15.2. The molecular formula is C92H102N36O7S. The normalized spacial score (nSPS) is 11.7. The quantitative estimate of drug-likeness (QED) is 0.0318. The first kappa shape index (κ1) is 92.2. The summed E-state index contributed by atoms with van der Waals surface area (Å²) in [7, 11) is 0.148. The van der Waals surface area contributed by atoms with E-state index >= 15 is 0 Å². The van der Waals surface area contributed by atoms with E-state index in [9.17, 15) is 27.6 Å². The molecule has 698 valence electrons. The van der Waals surface area contributed by atoms with Crippen molar-refractivity contribution in [3.05, 3.63) is 188 Å². The van der Waals surface area contributed by atoms with E-state index in [0.29, 0.717) is 143 Å². The molecule has 0 saturated heterocycles. The number of nitrogens with one attached hydrogen (secondary N) is 11. The summed E-state index contributed by atoms with van der Waals surface area (Å²) in [4.78, 5) is 114. The van der Waals surface area contributed by atoms with Gasteiger partial charge in [-0.05, 0) is 132 Å². The zero-order chi connectivity index (χ0) is 96.1. The van der Waals surface area contributed by atoms with Gasteiger partial charge in [-0.2, -0.15) is 29.8 Å². The number of nitrogen functional groups attached to an aromatic ring is 5. The van der Waals surface area contributed by atoms with Crippen LogP contribution in [0.5, 0.6) is 0 Å². The largest absolute Gasteiger partial charge is 0.444 e. The highest BCUT2D eigenvalue weighted by molar-refractivity contribution is 7.88. The second-order valence-electron chi connectivity index (χ2n) is 33.4. The van der Waals surface area contributed by atoms with E-state index in [4.69, 9.17) is 43.4 Å². The van der Waals surface area contributed by atoms with Crippen LogP contribution in [0.25, 0.3) is 160 Å². The topological polar surface area (TPSA) is 619 Å². The van der Waals surface area contributed by atoms with Crippen molar-refractivity contribution in [2.24, 2.45) is 5.92 Å². The van der Waals surface area contributed by atoms with Crippen LogP contribution in [0.1, 0.15) is 97.9 Å². The number of imidazole rings is 5. The molecule has 0 unspecified atom stereocenters. The number of H-pyrrole nitrogens is 9. The van der Waals surface area contributed by atoms with Gasteiger partial charge in [0.1, 0.15) is 119 Å². The number of carbonyl (C=O) groups is 4. The third-order valence-corrected chi connectivity index (χ3v) is 23.5. The van der Waals surface area contributed by atoms with Gasteiger partial charge in [-0.3, -0.25) is 30.0 Å². The van der Waals surface area contributed by atoms with Gasteiger partial charge in [0.05, 0.1) is 95.0 Å². The SMILES string of the molecule is CC(C)C(=O)NCc1nc2c([nH]1)c(N)nc1cc(-c3ccn[nH]3)ccc12.CCC(=O)NCc1nc2c([nH]1)c(N)nc1cc(-c3ccn[nH]3)ccc12.CCN(Cc1nc2c([nH]1)c(N)nc1cc(-c3ccn[nH]3)ccc12)C(=O)N(C)C.CCN(Cc1nc2c([nH]1)c(N)nc1cc(-c3ccn[nH]3)ccc12)C(=O)OC(C)(C)C.CCN(Cc1nc2c([nH]1)c(N)nc1cc(-n3cccn3)ccc12)S(C)(=O)=O. The number of nitrogens with two attached hydrogens (primary N) is 5. The molecule has 20 aromatic rings. The van der Waals surface area contributed by atoms with Crippen molar-refractivity contribution in [2.75, 3.05) is 68.7 Å². The van der Waals surface area contributed by atoms with Crippen molar-refractivity contribution >= 4 is 173 Å². The number of aromatic nitrogens is 25. The van der Waals surface area contributed by atoms with Crippen LogP contribution >= 0.6 is 0 Å². The number of hydrogen-bond donors (Lipinski definition) is 16. The average molecular weight is 1860 g/mol. The van der Waals surface area contributed by atoms with Gasteiger partial charge in [0.25, 0.3) is 0 Å². The highest BCUT2D eigenvalue weighted by Gasteiger charge is 2.27. The summed E-state index contributed by atoms with van der Waals surface area (Å²) in [5.41, 5.74) is 49.2. The monoisotopic (exact) mass is 1850 g/mol. The van der Waals surface area contributed by atoms with Crippen molar-refractivity contribution in [3.63, 3.8) is 0 Å². The van der Waals surface area contributed by atoms with E-state index in [2.05, 4.69) is 121 Å². The van der Waals surface area contributed by atoms with Gasteiger partial charge in [0.15, 0.2) is 0 Å². The number of ether oxygens (including phenoxy) is 1. The lowest BCUT2D eigenvalue weighted by atomic mass is 10.1. The van der Waals surface area contributed by atoms with Crippen LogP contribution in [0.2, 0.25) is 0 Å². The van der Waals surface area contributed by atoms with Crippen LogP contribution in [0.15, 0.2) is 159 Å². The highest BCUT2D eigenvalue weighted by atomic mass is 32.2. The number of nitrogens with zero attached hydrogens (tertiary/aromatic N) is 20. The molecule has 0 aliphatic rings. The predicted octanol–water partition coefficient (Wildman–Crippen LogP) is 12.6. The van der Waals surface area contributed by atoms with Crippen LogP contribution < -0.4 is 39.3 Å². The molecule has 136 heavy (non-hydrogen) atoms. The molecule has 0 bridgehead atoms. The van der Waals surface area contributed by atoms with E-state index in [1.807, 2.05) is 176 Å². The minimum atomic E-state index is -3.32. The fourth-order valence-corrected chi connectivity index (χ4v) is 16.1. The van der Waals surface area contributed by atoms with Crippen molar-refractivity contribution in [1.29, 1.82) is 0 Å². The third-order valence-electron chi connectivity index (χ3n) is 22.1. The zero-order valence-corrected chi connectivity index (χ0v) is 77.4. The Hall–Kier alpha value is -17.1. The van der Waals surface area contributed by atoms with Crippen LogP contribution in [0.3, 0.4) is 0 Å². The Kier molecular flexibility index (Phi) is 26.3. The molecule has 15 heterocycles. The first-order valence-electron chi connectivity index (χ1n) is 43.6. The summed E-state index contributed by atoms with van der Waals surface area (Å²) in [6, 6.07) is 38.7. The van der Waals surface area contributed by atoms with Crippen molar-refractivity contribution in [2.45, 2.75) is 107 Å². The number of hydrogen-bond acceptors (Lipinski definition) is 27. The Labute approximate surface area is 775 Å². The van der Waals surface area contributed by atoms with Crippen molar-refractivity contribution < 1.29 is 32.3 Å². The van der Waals surface area contributed by atoms with Gasteiger partial charge in [0, 0.05) is 132 Å². The zero-order valence-electron chi connectivity index (χ0n) is 76.5. The maximum atomic E-state index is 12.5. The van der Waals surface area contributed by atoms with Gasteiger partial charge in [-0.1, -0.05) is 52.0 Å². The second-order valence-corrected chi connectivity index (χ2v) is 35.3. The van der Waals surface area contributed by atoms with E-state index in [1.165, 1.54) is 10.6 Å². The average Bonchev–Trinajstić information content (AvgIpc) is 1.61. The highest BCUT2D eigenvalue weighted by Crippen LogP contribution is 2.36. The summed E-state index contributed by atoms with van der Waals surface area (Å²) in [6.07, 6.45) is 11.6. The van der Waals surface area contributed by atoms with Crippen molar-refractivity contribution in [1.82, 2.24) is 155 Å². The first-order chi connectivity index (χ1) is 65.3. The molecule has 15 aromatic heterocycles. The molecule has 0 aliphatic heterocycles. The Morgan fingerprint density at radius 1 is 0.441 bits per heavy atom. The van der Waals surface area contributed by atoms with Crippen LogP contribution in [0.4, 0.5) is 38.7 Å². The smallest absolute Gasteiger partial charge is 0.410 e. The molecular weight excluding hydrogens is 1750 g/mol. The molecule has 0 fully saturated rings. The number of amides is 5. The van der Waals surface area contributed by atoms with E-state index in [1.54, 1.807) is 78.3 Å². The Morgan fingerprint density at radius 3 is 1.10 bits per heavy atom.